The zero-order chi connectivity index (χ0) is 12.8. The monoisotopic (exact) mass is 242 g/mol. The molecule has 2 rings (SSSR count). The van der Waals surface area contributed by atoms with Gasteiger partial charge >= 0.3 is 0 Å². The second kappa shape index (κ2) is 5.93. The van der Waals surface area contributed by atoms with Crippen LogP contribution in [0.2, 0.25) is 0 Å². The van der Waals surface area contributed by atoms with E-state index in [0.717, 1.165) is 11.3 Å². The summed E-state index contributed by atoms with van der Waals surface area (Å²) in [7, 11) is 0. The van der Waals surface area contributed by atoms with E-state index in [4.69, 9.17) is 9.84 Å². The maximum Gasteiger partial charge on any atom is 0.238 e. The Hall–Kier alpha value is -2.20. The Bertz CT molecular complexity index is 536. The number of aromatic nitrogens is 2. The topological polar surface area (TPSA) is 55.2 Å². The summed E-state index contributed by atoms with van der Waals surface area (Å²) in [5.41, 5.74) is 1.50. The maximum absolute atomic E-state index is 8.88. The maximum atomic E-state index is 8.88. The van der Waals surface area contributed by atoms with Crippen molar-refractivity contribution in [3.8, 4) is 11.6 Å². The van der Waals surface area contributed by atoms with Gasteiger partial charge in [0.15, 0.2) is 0 Å². The van der Waals surface area contributed by atoms with E-state index in [1.807, 2.05) is 43.3 Å². The highest BCUT2D eigenvalue weighted by atomic mass is 16.5. The second-order valence-corrected chi connectivity index (χ2v) is 3.66. The van der Waals surface area contributed by atoms with Crippen molar-refractivity contribution < 1.29 is 9.84 Å². The van der Waals surface area contributed by atoms with Gasteiger partial charge in [-0.3, -0.25) is 0 Å². The minimum absolute atomic E-state index is 0.123. The van der Waals surface area contributed by atoms with Crippen molar-refractivity contribution in [2.24, 2.45) is 0 Å². The van der Waals surface area contributed by atoms with Crippen LogP contribution in [0.1, 0.15) is 18.2 Å². The zero-order valence-electron chi connectivity index (χ0n) is 10.1. The van der Waals surface area contributed by atoms with Gasteiger partial charge in [-0.1, -0.05) is 30.4 Å². The Morgan fingerprint density at radius 1 is 1.17 bits per heavy atom. The van der Waals surface area contributed by atoms with Crippen molar-refractivity contribution in [3.63, 3.8) is 0 Å². The fourth-order valence-electron chi connectivity index (χ4n) is 1.49. The Morgan fingerprint density at radius 3 is 2.67 bits per heavy atom. The third kappa shape index (κ3) is 2.93. The van der Waals surface area contributed by atoms with E-state index < -0.39 is 0 Å². The first kappa shape index (κ1) is 12.3. The van der Waals surface area contributed by atoms with E-state index in [1.165, 1.54) is 0 Å². The number of aliphatic hydroxyl groups excluding tert-OH is 1. The van der Waals surface area contributed by atoms with Crippen LogP contribution in [0.4, 0.5) is 0 Å². The molecule has 0 atom stereocenters. The van der Waals surface area contributed by atoms with Gasteiger partial charge in [0.25, 0.3) is 0 Å². The van der Waals surface area contributed by atoms with Crippen LogP contribution >= 0.6 is 0 Å². The zero-order valence-corrected chi connectivity index (χ0v) is 10.1. The predicted octanol–water partition coefficient (Wildman–Crippen LogP) is 2.79. The van der Waals surface area contributed by atoms with Gasteiger partial charge in [-0.15, -0.1) is 10.2 Å². The van der Waals surface area contributed by atoms with Crippen LogP contribution in [-0.4, -0.2) is 15.3 Å². The number of aliphatic hydroxyl groups is 1. The van der Waals surface area contributed by atoms with Gasteiger partial charge in [0.1, 0.15) is 5.75 Å². The molecule has 0 aliphatic heterocycles. The van der Waals surface area contributed by atoms with Crippen LogP contribution in [-0.2, 0) is 6.61 Å². The average Bonchev–Trinajstić information content (AvgIpc) is 2.42. The highest BCUT2D eigenvalue weighted by molar-refractivity contribution is 5.57. The summed E-state index contributed by atoms with van der Waals surface area (Å²) in [6.45, 7) is 1.83. The molecule has 18 heavy (non-hydrogen) atoms. The van der Waals surface area contributed by atoms with Crippen LogP contribution < -0.4 is 4.74 Å². The SMILES string of the molecule is CC=Cc1ccccc1Oc1ccc(CO)nn1. The molecule has 0 unspecified atom stereocenters. The first-order chi connectivity index (χ1) is 8.83. The fourth-order valence-corrected chi connectivity index (χ4v) is 1.49. The molecule has 0 aliphatic carbocycles. The van der Waals surface area contributed by atoms with Crippen LogP contribution in [0, 0.1) is 0 Å². The molecular formula is C14H14N2O2. The van der Waals surface area contributed by atoms with E-state index in [1.54, 1.807) is 12.1 Å². The summed E-state index contributed by atoms with van der Waals surface area (Å²) in [6.07, 6.45) is 3.91. The van der Waals surface area contributed by atoms with Crippen molar-refractivity contribution in [1.82, 2.24) is 10.2 Å². The third-order valence-electron chi connectivity index (χ3n) is 2.34. The standard InChI is InChI=1S/C14H14N2O2/c1-2-5-11-6-3-4-7-13(11)18-14-9-8-12(10-17)15-16-14/h2-9,17H,10H2,1H3. The fraction of sp³-hybridized carbons (Fsp3) is 0.143. The number of hydrogen-bond donors (Lipinski definition) is 1. The molecular weight excluding hydrogens is 228 g/mol. The van der Waals surface area contributed by atoms with E-state index in [-0.39, 0.29) is 6.61 Å². The molecule has 1 aromatic carbocycles. The largest absolute Gasteiger partial charge is 0.437 e. The summed E-state index contributed by atoms with van der Waals surface area (Å²) in [5, 5.41) is 16.6. The lowest BCUT2D eigenvalue weighted by Gasteiger charge is -2.07. The summed E-state index contributed by atoms with van der Waals surface area (Å²) >= 11 is 0. The lowest BCUT2D eigenvalue weighted by atomic mass is 10.2. The van der Waals surface area contributed by atoms with Crippen LogP contribution in [0.25, 0.3) is 6.08 Å². The minimum Gasteiger partial charge on any atom is -0.437 e. The molecule has 0 saturated carbocycles. The van der Waals surface area contributed by atoms with E-state index in [2.05, 4.69) is 10.2 Å². The summed E-state index contributed by atoms with van der Waals surface area (Å²) in [4.78, 5) is 0. The lowest BCUT2D eigenvalue weighted by molar-refractivity contribution is 0.274. The number of ether oxygens (including phenoxy) is 1. The smallest absolute Gasteiger partial charge is 0.238 e. The number of para-hydroxylation sites is 1. The first-order valence-electron chi connectivity index (χ1n) is 5.66. The Morgan fingerprint density at radius 2 is 2.00 bits per heavy atom. The highest BCUT2D eigenvalue weighted by Crippen LogP contribution is 2.24. The Balaban J connectivity index is 2.22. The van der Waals surface area contributed by atoms with Crippen molar-refractivity contribution >= 4 is 6.08 Å². The summed E-state index contributed by atoms with van der Waals surface area (Å²) < 4.78 is 5.66. The quantitative estimate of drug-likeness (QED) is 0.895. The molecule has 2 aromatic rings. The number of benzene rings is 1. The number of nitrogens with zero attached hydrogens (tertiary/aromatic N) is 2. The van der Waals surface area contributed by atoms with Gasteiger partial charge in [-0.25, -0.2) is 0 Å². The van der Waals surface area contributed by atoms with Crippen molar-refractivity contribution in [1.29, 1.82) is 0 Å². The third-order valence-corrected chi connectivity index (χ3v) is 2.34. The molecule has 0 spiro atoms. The molecule has 0 fully saturated rings. The number of allylic oxidation sites excluding steroid dienone is 1. The molecule has 1 aromatic heterocycles. The molecule has 0 amide bonds. The first-order valence-corrected chi connectivity index (χ1v) is 5.66. The molecule has 4 nitrogen and oxygen atoms in total. The normalized spacial score (nSPS) is 10.8. The van der Waals surface area contributed by atoms with Crippen LogP contribution in [0.3, 0.4) is 0 Å². The predicted molar refractivity (Wildman–Crippen MR) is 69.2 cm³/mol. The number of hydrogen-bond acceptors (Lipinski definition) is 4. The highest BCUT2D eigenvalue weighted by Gasteiger charge is 2.03. The number of rotatable bonds is 4. The van der Waals surface area contributed by atoms with Gasteiger partial charge in [0.05, 0.1) is 12.3 Å². The van der Waals surface area contributed by atoms with Crippen molar-refractivity contribution in [3.05, 3.63) is 53.7 Å². The molecule has 1 heterocycles. The molecule has 0 radical (unpaired) electrons. The van der Waals surface area contributed by atoms with E-state index >= 15 is 0 Å². The second-order valence-electron chi connectivity index (χ2n) is 3.66. The van der Waals surface area contributed by atoms with Crippen LogP contribution in [0.15, 0.2) is 42.5 Å². The lowest BCUT2D eigenvalue weighted by Crippen LogP contribution is -1.95. The van der Waals surface area contributed by atoms with Gasteiger partial charge in [-0.2, -0.15) is 0 Å². The average molecular weight is 242 g/mol. The van der Waals surface area contributed by atoms with Gasteiger partial charge < -0.3 is 9.84 Å². The summed E-state index contributed by atoms with van der Waals surface area (Å²) in [6, 6.07) is 11.0. The molecule has 4 heteroatoms. The Kier molecular flexibility index (Phi) is 4.04. The van der Waals surface area contributed by atoms with Gasteiger partial charge in [0, 0.05) is 11.6 Å². The Labute approximate surface area is 106 Å². The van der Waals surface area contributed by atoms with Crippen molar-refractivity contribution in [2.45, 2.75) is 13.5 Å². The van der Waals surface area contributed by atoms with E-state index in [9.17, 15) is 0 Å². The van der Waals surface area contributed by atoms with E-state index in [0.29, 0.717) is 11.6 Å². The van der Waals surface area contributed by atoms with Gasteiger partial charge in [0.2, 0.25) is 5.88 Å². The molecule has 0 bridgehead atoms. The minimum atomic E-state index is -0.123. The van der Waals surface area contributed by atoms with Crippen molar-refractivity contribution in [2.75, 3.05) is 0 Å². The molecule has 92 valence electrons. The molecule has 0 saturated heterocycles. The van der Waals surface area contributed by atoms with Gasteiger partial charge in [-0.05, 0) is 19.1 Å². The molecule has 1 N–H and O–H groups in total. The molecule has 0 aliphatic rings. The van der Waals surface area contributed by atoms with Crippen LogP contribution in [0.5, 0.6) is 11.6 Å². The summed E-state index contributed by atoms with van der Waals surface area (Å²) in [5.74, 6) is 1.13.